The maximum atomic E-state index is 9.63. The fourth-order valence-corrected chi connectivity index (χ4v) is 2.34. The normalized spacial score (nSPS) is 12.2. The first-order valence-electron chi connectivity index (χ1n) is 6.54. The van der Waals surface area contributed by atoms with E-state index in [4.69, 9.17) is 4.74 Å². The molecule has 0 radical (unpaired) electrons. The Morgan fingerprint density at radius 3 is 2.42 bits per heavy atom. The predicted molar refractivity (Wildman–Crippen MR) is 77.7 cm³/mol. The number of hydrogen-bond donors (Lipinski definition) is 1. The van der Waals surface area contributed by atoms with Gasteiger partial charge in [0.15, 0.2) is 0 Å². The van der Waals surface area contributed by atoms with Gasteiger partial charge in [-0.15, -0.1) is 0 Å². The molecule has 0 aromatic heterocycles. The first-order valence-corrected chi connectivity index (χ1v) is 6.54. The zero-order valence-electron chi connectivity index (χ0n) is 11.5. The number of hydrogen-bond acceptors (Lipinski definition) is 2. The second-order valence-electron chi connectivity index (χ2n) is 4.80. The molecule has 0 bridgehead atoms. The summed E-state index contributed by atoms with van der Waals surface area (Å²) in [6.07, 6.45) is 0.850. The fraction of sp³-hybridized carbons (Fsp3) is 0.294. The van der Waals surface area contributed by atoms with Crippen LogP contribution < -0.4 is 4.74 Å². The van der Waals surface area contributed by atoms with Gasteiger partial charge in [0.05, 0.1) is 13.7 Å². The Hall–Kier alpha value is -1.80. The lowest BCUT2D eigenvalue weighted by atomic mass is 9.91. The van der Waals surface area contributed by atoms with Crippen LogP contribution in [0.4, 0.5) is 0 Å². The molecule has 2 aromatic rings. The quantitative estimate of drug-likeness (QED) is 0.889. The molecule has 0 heterocycles. The maximum Gasteiger partial charge on any atom is 0.121 e. The van der Waals surface area contributed by atoms with Crippen molar-refractivity contribution in [2.24, 2.45) is 0 Å². The van der Waals surface area contributed by atoms with Gasteiger partial charge in [0.2, 0.25) is 0 Å². The molecule has 1 unspecified atom stereocenters. The summed E-state index contributed by atoms with van der Waals surface area (Å²) in [6, 6.07) is 16.4. The number of aryl methyl sites for hydroxylation is 1. The van der Waals surface area contributed by atoms with E-state index in [0.29, 0.717) is 0 Å². The second kappa shape index (κ2) is 6.39. The van der Waals surface area contributed by atoms with Gasteiger partial charge in [0.25, 0.3) is 0 Å². The van der Waals surface area contributed by atoms with Gasteiger partial charge in [-0.25, -0.2) is 0 Å². The molecule has 100 valence electrons. The summed E-state index contributed by atoms with van der Waals surface area (Å²) >= 11 is 0. The number of rotatable bonds is 5. The SMILES string of the molecule is COc1ccc(C(CO)Cc2ccccc2)cc1C. The Bertz CT molecular complexity index is 520. The van der Waals surface area contributed by atoms with Crippen LogP contribution in [0.25, 0.3) is 0 Å². The molecule has 19 heavy (non-hydrogen) atoms. The number of benzene rings is 2. The molecule has 0 fully saturated rings. The first kappa shape index (κ1) is 13.6. The van der Waals surface area contributed by atoms with Crippen LogP contribution in [-0.4, -0.2) is 18.8 Å². The lowest BCUT2D eigenvalue weighted by Crippen LogP contribution is -2.08. The first-order chi connectivity index (χ1) is 9.24. The molecule has 2 heteroatoms. The standard InChI is InChI=1S/C17H20O2/c1-13-10-15(8-9-17(13)19-2)16(12-18)11-14-6-4-3-5-7-14/h3-10,16,18H,11-12H2,1-2H3. The third-order valence-electron chi connectivity index (χ3n) is 3.44. The minimum Gasteiger partial charge on any atom is -0.496 e. The summed E-state index contributed by atoms with van der Waals surface area (Å²) in [4.78, 5) is 0. The fourth-order valence-electron chi connectivity index (χ4n) is 2.34. The Kier molecular flexibility index (Phi) is 4.58. The molecule has 1 atom stereocenters. The summed E-state index contributed by atoms with van der Waals surface area (Å²) < 4.78 is 5.27. The van der Waals surface area contributed by atoms with Crippen LogP contribution in [-0.2, 0) is 6.42 Å². The van der Waals surface area contributed by atoms with Crippen molar-refractivity contribution < 1.29 is 9.84 Å². The average molecular weight is 256 g/mol. The lowest BCUT2D eigenvalue weighted by Gasteiger charge is -2.16. The van der Waals surface area contributed by atoms with Crippen molar-refractivity contribution in [2.45, 2.75) is 19.3 Å². The van der Waals surface area contributed by atoms with E-state index < -0.39 is 0 Å². The minimum atomic E-state index is 0.131. The van der Waals surface area contributed by atoms with Crippen LogP contribution in [0.5, 0.6) is 5.75 Å². The highest BCUT2D eigenvalue weighted by Gasteiger charge is 2.12. The van der Waals surface area contributed by atoms with E-state index in [2.05, 4.69) is 18.2 Å². The van der Waals surface area contributed by atoms with Crippen molar-refractivity contribution in [1.29, 1.82) is 0 Å². The van der Waals surface area contributed by atoms with Crippen LogP contribution in [0.15, 0.2) is 48.5 Å². The van der Waals surface area contributed by atoms with Crippen molar-refractivity contribution in [3.05, 3.63) is 65.2 Å². The molecule has 0 aliphatic rings. The Morgan fingerprint density at radius 1 is 1.11 bits per heavy atom. The van der Waals surface area contributed by atoms with Crippen LogP contribution in [0.1, 0.15) is 22.6 Å². The van der Waals surface area contributed by atoms with Crippen molar-refractivity contribution in [2.75, 3.05) is 13.7 Å². The van der Waals surface area contributed by atoms with E-state index in [1.165, 1.54) is 5.56 Å². The molecule has 0 aliphatic carbocycles. The van der Waals surface area contributed by atoms with Crippen LogP contribution >= 0.6 is 0 Å². The molecule has 0 aliphatic heterocycles. The zero-order valence-corrected chi connectivity index (χ0v) is 11.5. The molecule has 0 saturated carbocycles. The highest BCUT2D eigenvalue weighted by molar-refractivity contribution is 5.38. The molecular formula is C17H20O2. The van der Waals surface area contributed by atoms with Crippen molar-refractivity contribution in [1.82, 2.24) is 0 Å². The minimum absolute atomic E-state index is 0.131. The summed E-state index contributed by atoms with van der Waals surface area (Å²) in [5.74, 6) is 1.02. The van der Waals surface area contributed by atoms with E-state index in [-0.39, 0.29) is 12.5 Å². The Labute approximate surface area is 114 Å². The third-order valence-corrected chi connectivity index (χ3v) is 3.44. The van der Waals surface area contributed by atoms with Crippen molar-refractivity contribution >= 4 is 0 Å². The van der Waals surface area contributed by atoms with Crippen molar-refractivity contribution in [3.8, 4) is 5.75 Å². The summed E-state index contributed by atoms with van der Waals surface area (Å²) in [7, 11) is 1.68. The third kappa shape index (κ3) is 3.36. The summed E-state index contributed by atoms with van der Waals surface area (Å²) in [5.41, 5.74) is 3.51. The molecule has 0 saturated heterocycles. The molecule has 2 rings (SSSR count). The van der Waals surface area contributed by atoms with E-state index in [1.54, 1.807) is 7.11 Å². The van der Waals surface area contributed by atoms with Gasteiger partial charge in [-0.2, -0.15) is 0 Å². The highest BCUT2D eigenvalue weighted by Crippen LogP contribution is 2.26. The molecule has 0 amide bonds. The van der Waals surface area contributed by atoms with Gasteiger partial charge in [-0.1, -0.05) is 42.5 Å². The molecule has 1 N–H and O–H groups in total. The number of methoxy groups -OCH3 is 1. The zero-order chi connectivity index (χ0) is 13.7. The molecule has 0 spiro atoms. The van der Waals surface area contributed by atoms with Gasteiger partial charge in [0, 0.05) is 5.92 Å². The van der Waals surface area contributed by atoms with E-state index in [0.717, 1.165) is 23.3 Å². The molecule has 2 aromatic carbocycles. The monoisotopic (exact) mass is 256 g/mol. The summed E-state index contributed by atoms with van der Waals surface area (Å²) in [5, 5.41) is 9.63. The van der Waals surface area contributed by atoms with Gasteiger partial charge in [-0.05, 0) is 36.1 Å². The van der Waals surface area contributed by atoms with Gasteiger partial charge < -0.3 is 9.84 Å². The smallest absolute Gasteiger partial charge is 0.121 e. The Morgan fingerprint density at radius 2 is 1.84 bits per heavy atom. The molecular weight excluding hydrogens is 236 g/mol. The topological polar surface area (TPSA) is 29.5 Å². The van der Waals surface area contributed by atoms with E-state index in [1.807, 2.05) is 37.3 Å². The maximum absolute atomic E-state index is 9.63. The number of aliphatic hydroxyl groups excluding tert-OH is 1. The predicted octanol–water partition coefficient (Wildman–Crippen LogP) is 3.32. The lowest BCUT2D eigenvalue weighted by molar-refractivity contribution is 0.264. The average Bonchev–Trinajstić information content (AvgIpc) is 2.46. The number of ether oxygens (including phenoxy) is 1. The molecule has 2 nitrogen and oxygen atoms in total. The van der Waals surface area contributed by atoms with Gasteiger partial charge in [-0.3, -0.25) is 0 Å². The van der Waals surface area contributed by atoms with Crippen LogP contribution in [0.3, 0.4) is 0 Å². The summed E-state index contributed by atoms with van der Waals surface area (Å²) in [6.45, 7) is 2.18. The Balaban J connectivity index is 2.20. The van der Waals surface area contributed by atoms with Crippen LogP contribution in [0, 0.1) is 6.92 Å². The van der Waals surface area contributed by atoms with E-state index >= 15 is 0 Å². The van der Waals surface area contributed by atoms with Crippen molar-refractivity contribution in [3.63, 3.8) is 0 Å². The highest BCUT2D eigenvalue weighted by atomic mass is 16.5. The van der Waals surface area contributed by atoms with Gasteiger partial charge >= 0.3 is 0 Å². The number of aliphatic hydroxyl groups is 1. The largest absolute Gasteiger partial charge is 0.496 e. The van der Waals surface area contributed by atoms with E-state index in [9.17, 15) is 5.11 Å². The van der Waals surface area contributed by atoms with Gasteiger partial charge in [0.1, 0.15) is 5.75 Å². The van der Waals surface area contributed by atoms with Crippen LogP contribution in [0.2, 0.25) is 0 Å². The second-order valence-corrected chi connectivity index (χ2v) is 4.80.